The van der Waals surface area contributed by atoms with Crippen molar-refractivity contribution in [1.82, 2.24) is 0 Å². The second-order valence-electron chi connectivity index (χ2n) is 9.53. The highest BCUT2D eigenvalue weighted by molar-refractivity contribution is 5.98. The van der Waals surface area contributed by atoms with Crippen molar-refractivity contribution >= 4 is 12.1 Å². The van der Waals surface area contributed by atoms with Crippen molar-refractivity contribution < 1.29 is 24.5 Å². The van der Waals surface area contributed by atoms with Crippen molar-refractivity contribution in [2.75, 3.05) is 6.61 Å². The number of aliphatic hydroxyl groups excluding tert-OH is 1. The van der Waals surface area contributed by atoms with Gasteiger partial charge in [0.05, 0.1) is 6.61 Å². The lowest BCUT2D eigenvalue weighted by Crippen LogP contribution is -2.16. The van der Waals surface area contributed by atoms with Gasteiger partial charge in [-0.15, -0.1) is 0 Å². The van der Waals surface area contributed by atoms with Crippen molar-refractivity contribution in [2.24, 2.45) is 0 Å². The molecule has 0 unspecified atom stereocenters. The molecule has 4 rings (SSSR count). The van der Waals surface area contributed by atoms with E-state index in [4.69, 9.17) is 4.74 Å². The van der Waals surface area contributed by atoms with Crippen LogP contribution in [0.1, 0.15) is 113 Å². The van der Waals surface area contributed by atoms with Gasteiger partial charge in [-0.1, -0.05) is 38.5 Å². The third kappa shape index (κ3) is 5.47. The third-order valence-corrected chi connectivity index (χ3v) is 7.33. The minimum Gasteiger partial charge on any atom is -0.507 e. The molecule has 0 radical (unpaired) electrons. The van der Waals surface area contributed by atoms with E-state index in [-0.39, 0.29) is 19.0 Å². The Bertz CT molecular complexity index is 945. The molecule has 5 nitrogen and oxygen atoms in total. The molecule has 0 aromatic heterocycles. The van der Waals surface area contributed by atoms with Crippen molar-refractivity contribution in [3.8, 4) is 11.5 Å². The molecule has 176 valence electrons. The van der Waals surface area contributed by atoms with Crippen LogP contribution < -0.4 is 4.74 Å². The van der Waals surface area contributed by atoms with Crippen LogP contribution in [0.3, 0.4) is 0 Å². The molecule has 0 spiro atoms. The highest BCUT2D eigenvalue weighted by Crippen LogP contribution is 2.44. The van der Waals surface area contributed by atoms with Crippen LogP contribution in [0, 0.1) is 0 Å². The van der Waals surface area contributed by atoms with E-state index in [0.29, 0.717) is 46.3 Å². The number of ether oxygens (including phenoxy) is 1. The molecular formula is C28H34O5. The Labute approximate surface area is 195 Å². The smallest absolute Gasteiger partial charge is 0.200 e. The van der Waals surface area contributed by atoms with Crippen molar-refractivity contribution in [3.05, 3.63) is 58.1 Å². The summed E-state index contributed by atoms with van der Waals surface area (Å²) >= 11 is 0. The van der Waals surface area contributed by atoms with Crippen molar-refractivity contribution in [1.29, 1.82) is 0 Å². The molecule has 0 aliphatic heterocycles. The van der Waals surface area contributed by atoms with Gasteiger partial charge in [-0.25, -0.2) is 0 Å². The minimum absolute atomic E-state index is 0.146. The molecule has 0 amide bonds. The van der Waals surface area contributed by atoms with Crippen LogP contribution in [-0.4, -0.2) is 28.9 Å². The highest BCUT2D eigenvalue weighted by atomic mass is 16.5. The van der Waals surface area contributed by atoms with E-state index < -0.39 is 0 Å². The number of aromatic hydroxyl groups is 1. The van der Waals surface area contributed by atoms with Crippen LogP contribution in [0.25, 0.3) is 0 Å². The average molecular weight is 451 g/mol. The topological polar surface area (TPSA) is 83.8 Å². The van der Waals surface area contributed by atoms with Gasteiger partial charge in [0.25, 0.3) is 0 Å². The van der Waals surface area contributed by atoms with Crippen LogP contribution in [0.2, 0.25) is 0 Å². The second-order valence-corrected chi connectivity index (χ2v) is 9.53. The fourth-order valence-corrected chi connectivity index (χ4v) is 5.45. The summed E-state index contributed by atoms with van der Waals surface area (Å²) in [5.41, 5.74) is 3.36. The highest BCUT2D eigenvalue weighted by Gasteiger charge is 2.27. The largest absolute Gasteiger partial charge is 0.507 e. The molecule has 0 heterocycles. The SMILES string of the molecule is O=Cc1ccc(OCC(=O)c2cc(C3CCCCC3)c(O)c(C3CCCCC3)c2)c(CO)c1. The quantitative estimate of drug-likeness (QED) is 0.378. The summed E-state index contributed by atoms with van der Waals surface area (Å²) in [6.07, 6.45) is 12.0. The number of hydrogen-bond acceptors (Lipinski definition) is 5. The Hall–Kier alpha value is -2.66. The Kier molecular flexibility index (Phi) is 7.81. The number of rotatable bonds is 8. The van der Waals surface area contributed by atoms with Crippen molar-refractivity contribution in [2.45, 2.75) is 82.7 Å². The lowest BCUT2D eigenvalue weighted by atomic mass is 9.78. The zero-order valence-electron chi connectivity index (χ0n) is 19.2. The number of Topliss-reactive ketones (excluding diaryl/α,β-unsaturated/α-hetero) is 1. The van der Waals surface area contributed by atoms with E-state index in [2.05, 4.69) is 0 Å². The molecule has 2 N–H and O–H groups in total. The lowest BCUT2D eigenvalue weighted by molar-refractivity contribution is 0.0918. The predicted molar refractivity (Wildman–Crippen MR) is 127 cm³/mol. The van der Waals surface area contributed by atoms with Gasteiger partial charge < -0.3 is 14.9 Å². The minimum atomic E-state index is -0.276. The lowest BCUT2D eigenvalue weighted by Gasteiger charge is -2.28. The number of aliphatic hydroxyl groups is 1. The number of carbonyl (C=O) groups is 2. The molecule has 0 bridgehead atoms. The maximum absolute atomic E-state index is 13.2. The number of hydrogen-bond donors (Lipinski definition) is 2. The first-order valence-electron chi connectivity index (χ1n) is 12.3. The molecule has 2 fully saturated rings. The van der Waals surface area contributed by atoms with Gasteiger partial charge in [0.2, 0.25) is 0 Å². The molecule has 2 aliphatic rings. The molecule has 33 heavy (non-hydrogen) atoms. The summed E-state index contributed by atoms with van der Waals surface area (Å²) < 4.78 is 5.76. The molecule has 2 aliphatic carbocycles. The normalized spacial score (nSPS) is 17.6. The van der Waals surface area contributed by atoms with Gasteiger partial charge in [-0.05, 0) is 79.0 Å². The Morgan fingerprint density at radius 2 is 1.48 bits per heavy atom. The van der Waals surface area contributed by atoms with Gasteiger partial charge in [-0.2, -0.15) is 0 Å². The van der Waals surface area contributed by atoms with Crippen LogP contribution in [0.15, 0.2) is 30.3 Å². The van der Waals surface area contributed by atoms with Crippen LogP contribution in [0.5, 0.6) is 11.5 Å². The first-order chi connectivity index (χ1) is 16.1. The monoisotopic (exact) mass is 450 g/mol. The number of benzene rings is 2. The zero-order chi connectivity index (χ0) is 23.2. The van der Waals surface area contributed by atoms with Gasteiger partial charge in [0, 0.05) is 16.7 Å². The first-order valence-corrected chi connectivity index (χ1v) is 12.3. The first kappa shape index (κ1) is 23.5. The molecule has 2 aromatic carbocycles. The van der Waals surface area contributed by atoms with Crippen LogP contribution in [-0.2, 0) is 6.61 Å². The standard InChI is InChI=1S/C28H34O5/c29-16-19-11-12-27(23(13-19)17-30)33-18-26(31)22-14-24(20-7-3-1-4-8-20)28(32)25(15-22)21-9-5-2-6-10-21/h11-16,20-21,30,32H,1-10,17-18H2. The van der Waals surface area contributed by atoms with E-state index in [0.717, 1.165) is 62.5 Å². The molecule has 5 heteroatoms. The molecule has 2 aromatic rings. The van der Waals surface area contributed by atoms with Crippen molar-refractivity contribution in [3.63, 3.8) is 0 Å². The van der Waals surface area contributed by atoms with Crippen LogP contribution in [0.4, 0.5) is 0 Å². The summed E-state index contributed by atoms with van der Waals surface area (Å²) in [4.78, 5) is 24.2. The van der Waals surface area contributed by atoms with Crippen LogP contribution >= 0.6 is 0 Å². The molecule has 0 atom stereocenters. The maximum atomic E-state index is 13.2. The number of carbonyl (C=O) groups excluding carboxylic acids is 2. The van der Waals surface area contributed by atoms with Gasteiger partial charge in [-0.3, -0.25) is 9.59 Å². The fourth-order valence-electron chi connectivity index (χ4n) is 5.45. The maximum Gasteiger partial charge on any atom is 0.200 e. The molecular weight excluding hydrogens is 416 g/mol. The summed E-state index contributed by atoms with van der Waals surface area (Å²) in [7, 11) is 0. The predicted octanol–water partition coefficient (Wildman–Crippen LogP) is 6.05. The summed E-state index contributed by atoms with van der Waals surface area (Å²) in [5, 5.41) is 20.8. The van der Waals surface area contributed by atoms with E-state index in [9.17, 15) is 19.8 Å². The molecule has 0 saturated heterocycles. The number of aldehydes is 1. The van der Waals surface area contributed by atoms with E-state index >= 15 is 0 Å². The van der Waals surface area contributed by atoms with Gasteiger partial charge >= 0.3 is 0 Å². The summed E-state index contributed by atoms with van der Waals surface area (Å²) in [6, 6.07) is 8.54. The second kappa shape index (κ2) is 11.0. The zero-order valence-corrected chi connectivity index (χ0v) is 19.2. The van der Waals surface area contributed by atoms with E-state index in [1.54, 1.807) is 18.2 Å². The third-order valence-electron chi connectivity index (χ3n) is 7.33. The van der Waals surface area contributed by atoms with Gasteiger partial charge in [0.1, 0.15) is 17.8 Å². The van der Waals surface area contributed by atoms with Gasteiger partial charge in [0.15, 0.2) is 12.4 Å². The fraction of sp³-hybridized carbons (Fsp3) is 0.500. The number of ketones is 1. The Morgan fingerprint density at radius 3 is 2.00 bits per heavy atom. The Morgan fingerprint density at radius 1 is 0.909 bits per heavy atom. The number of phenols is 1. The Balaban J connectivity index is 1.60. The van der Waals surface area contributed by atoms with E-state index in [1.165, 1.54) is 12.8 Å². The molecule has 2 saturated carbocycles. The summed E-state index contributed by atoms with van der Waals surface area (Å²) in [5.74, 6) is 1.25. The van der Waals surface area contributed by atoms with E-state index in [1.807, 2.05) is 12.1 Å². The summed E-state index contributed by atoms with van der Waals surface area (Å²) in [6.45, 7) is -0.436. The number of phenolic OH excluding ortho intramolecular Hbond substituents is 1. The average Bonchev–Trinajstić information content (AvgIpc) is 2.88.